The molecule has 0 unspecified atom stereocenters. The Bertz CT molecular complexity index is 1270. The largest absolute Gasteiger partial charge is 0.495 e. The molecule has 1 aliphatic heterocycles. The molecule has 2 amide bonds. The second-order valence-electron chi connectivity index (χ2n) is 6.56. The van der Waals surface area contributed by atoms with Crippen molar-refractivity contribution in [3.63, 3.8) is 0 Å². The van der Waals surface area contributed by atoms with Gasteiger partial charge >= 0.3 is 0 Å². The Morgan fingerprint density at radius 2 is 1.90 bits per heavy atom. The molecule has 0 bridgehead atoms. The summed E-state index contributed by atoms with van der Waals surface area (Å²) in [5.41, 5.74) is 2.06. The Morgan fingerprint density at radius 3 is 2.67 bits per heavy atom. The number of nitrogens with one attached hydrogen (secondary N) is 1. The van der Waals surface area contributed by atoms with Crippen LogP contribution in [0.3, 0.4) is 0 Å². The lowest BCUT2D eigenvalue weighted by Crippen LogP contribution is -2.54. The number of nitrogens with zero attached hydrogens (tertiary/aromatic N) is 2. The minimum absolute atomic E-state index is 0.00131. The molecule has 3 aromatic rings. The van der Waals surface area contributed by atoms with Gasteiger partial charge in [-0.3, -0.25) is 14.9 Å². The van der Waals surface area contributed by atoms with Crippen molar-refractivity contribution in [2.75, 3.05) is 12.0 Å². The third kappa shape index (κ3) is 3.23. The molecule has 2 heterocycles. The normalized spacial score (nSPS) is 15.4. The van der Waals surface area contributed by atoms with E-state index in [2.05, 4.69) is 11.2 Å². The van der Waals surface area contributed by atoms with Gasteiger partial charge in [-0.25, -0.2) is 4.90 Å². The SMILES string of the molecule is C#CCn1cc(C=C2C(=O)NC(=S)N(c3ccccc3OC)C2=O)c2ccccc21. The monoisotopic (exact) mass is 415 g/mol. The topological polar surface area (TPSA) is 63.6 Å². The van der Waals surface area contributed by atoms with Crippen molar-refractivity contribution in [3.05, 3.63) is 65.9 Å². The van der Waals surface area contributed by atoms with Crippen LogP contribution in [0.5, 0.6) is 5.75 Å². The maximum atomic E-state index is 13.3. The number of para-hydroxylation sites is 3. The van der Waals surface area contributed by atoms with E-state index in [1.54, 1.807) is 30.3 Å². The summed E-state index contributed by atoms with van der Waals surface area (Å²) in [5, 5.41) is 3.48. The number of fused-ring (bicyclic) bond motifs is 1. The molecule has 1 aliphatic rings. The summed E-state index contributed by atoms with van der Waals surface area (Å²) in [6, 6.07) is 14.6. The van der Waals surface area contributed by atoms with Gasteiger partial charge in [-0.15, -0.1) is 6.42 Å². The number of carbonyl (C=O) groups is 2. The van der Waals surface area contributed by atoms with E-state index in [1.807, 2.05) is 35.0 Å². The highest BCUT2D eigenvalue weighted by atomic mass is 32.1. The summed E-state index contributed by atoms with van der Waals surface area (Å²) in [7, 11) is 1.51. The van der Waals surface area contributed by atoms with Crippen LogP contribution in [-0.4, -0.2) is 28.6 Å². The molecule has 1 fully saturated rings. The molecule has 1 saturated heterocycles. The Hall–Kier alpha value is -3.89. The van der Waals surface area contributed by atoms with Crippen molar-refractivity contribution >= 4 is 51.8 Å². The van der Waals surface area contributed by atoms with Crippen LogP contribution in [0.4, 0.5) is 5.69 Å². The summed E-state index contributed by atoms with van der Waals surface area (Å²) in [4.78, 5) is 27.2. The van der Waals surface area contributed by atoms with Crippen molar-refractivity contribution < 1.29 is 14.3 Å². The summed E-state index contributed by atoms with van der Waals surface area (Å²) < 4.78 is 7.25. The number of methoxy groups -OCH3 is 1. The number of aromatic nitrogens is 1. The zero-order valence-corrected chi connectivity index (χ0v) is 16.9. The molecule has 7 heteroatoms. The highest BCUT2D eigenvalue weighted by Gasteiger charge is 2.36. The van der Waals surface area contributed by atoms with E-state index >= 15 is 0 Å². The average molecular weight is 415 g/mol. The molecule has 1 aromatic heterocycles. The van der Waals surface area contributed by atoms with Crippen LogP contribution in [0.15, 0.2) is 60.3 Å². The average Bonchev–Trinajstić information content (AvgIpc) is 3.09. The fourth-order valence-corrected chi connectivity index (χ4v) is 3.74. The highest BCUT2D eigenvalue weighted by molar-refractivity contribution is 7.80. The van der Waals surface area contributed by atoms with Gasteiger partial charge in [-0.05, 0) is 36.5 Å². The first kappa shape index (κ1) is 19.4. The number of ether oxygens (including phenoxy) is 1. The molecule has 1 N–H and O–H groups in total. The Morgan fingerprint density at radius 1 is 1.17 bits per heavy atom. The van der Waals surface area contributed by atoms with Crippen molar-refractivity contribution in [2.24, 2.45) is 0 Å². The third-order valence-corrected chi connectivity index (χ3v) is 5.09. The van der Waals surface area contributed by atoms with Gasteiger partial charge in [-0.2, -0.15) is 0 Å². The number of thiocarbonyl (C=S) groups is 1. The van der Waals surface area contributed by atoms with E-state index in [1.165, 1.54) is 12.0 Å². The summed E-state index contributed by atoms with van der Waals surface area (Å²) in [6.07, 6.45) is 8.88. The standard InChI is InChI=1S/C23H17N3O3S/c1-3-12-25-14-15(16-8-4-5-9-18(16)25)13-17-21(27)24-23(30)26(22(17)28)19-10-6-7-11-20(19)29-2/h1,4-11,13-14H,12H2,2H3,(H,24,27,30). The first-order valence-electron chi connectivity index (χ1n) is 9.11. The quantitative estimate of drug-likeness (QED) is 0.308. The highest BCUT2D eigenvalue weighted by Crippen LogP contribution is 2.31. The van der Waals surface area contributed by atoms with Crippen LogP contribution in [0.25, 0.3) is 17.0 Å². The maximum absolute atomic E-state index is 13.3. The number of terminal acetylenes is 1. The van der Waals surface area contributed by atoms with E-state index in [4.69, 9.17) is 23.4 Å². The molecule has 0 atom stereocenters. The summed E-state index contributed by atoms with van der Waals surface area (Å²) in [6.45, 7) is 0.376. The molecule has 0 spiro atoms. The number of anilines is 1. The molecular weight excluding hydrogens is 398 g/mol. The van der Waals surface area contributed by atoms with Crippen molar-refractivity contribution in [1.82, 2.24) is 9.88 Å². The number of carbonyl (C=O) groups excluding carboxylic acids is 2. The molecule has 0 radical (unpaired) electrons. The zero-order chi connectivity index (χ0) is 21.3. The molecule has 4 rings (SSSR count). The molecule has 0 saturated carbocycles. The van der Waals surface area contributed by atoms with Gasteiger partial charge in [0.25, 0.3) is 11.8 Å². The number of hydrogen-bond donors (Lipinski definition) is 1. The van der Waals surface area contributed by atoms with Gasteiger partial charge in [0.2, 0.25) is 0 Å². The lowest BCUT2D eigenvalue weighted by Gasteiger charge is -2.29. The fraction of sp³-hybridized carbons (Fsp3) is 0.0870. The molecular formula is C23H17N3O3S. The molecule has 0 aliphatic carbocycles. The number of rotatable bonds is 4. The molecule has 6 nitrogen and oxygen atoms in total. The van der Waals surface area contributed by atoms with Crippen molar-refractivity contribution in [3.8, 4) is 18.1 Å². The Labute approximate surface area is 178 Å². The fourth-order valence-electron chi connectivity index (χ4n) is 3.47. The van der Waals surface area contributed by atoms with E-state index in [0.717, 1.165) is 10.9 Å². The lowest BCUT2D eigenvalue weighted by molar-refractivity contribution is -0.122. The second-order valence-corrected chi connectivity index (χ2v) is 6.95. The van der Waals surface area contributed by atoms with Crippen LogP contribution in [0.1, 0.15) is 5.56 Å². The van der Waals surface area contributed by atoms with E-state index in [0.29, 0.717) is 23.5 Å². The number of amides is 2. The Kier molecular flexibility index (Phi) is 5.09. The molecule has 2 aromatic carbocycles. The molecule has 30 heavy (non-hydrogen) atoms. The van der Waals surface area contributed by atoms with Crippen LogP contribution in [0, 0.1) is 12.3 Å². The van der Waals surface area contributed by atoms with Gasteiger partial charge in [0.05, 0.1) is 19.3 Å². The first-order chi connectivity index (χ1) is 14.5. The lowest BCUT2D eigenvalue weighted by atomic mass is 10.1. The Balaban J connectivity index is 1.83. The van der Waals surface area contributed by atoms with Crippen LogP contribution >= 0.6 is 12.2 Å². The van der Waals surface area contributed by atoms with Gasteiger partial charge < -0.3 is 9.30 Å². The minimum Gasteiger partial charge on any atom is -0.495 e. The predicted octanol–water partition coefficient (Wildman–Crippen LogP) is 3.11. The van der Waals surface area contributed by atoms with Crippen molar-refractivity contribution in [1.29, 1.82) is 0 Å². The predicted molar refractivity (Wildman–Crippen MR) is 120 cm³/mol. The molecule has 148 valence electrons. The third-order valence-electron chi connectivity index (χ3n) is 4.81. The van der Waals surface area contributed by atoms with E-state index in [9.17, 15) is 9.59 Å². The first-order valence-corrected chi connectivity index (χ1v) is 9.51. The van der Waals surface area contributed by atoms with Gasteiger partial charge in [-0.1, -0.05) is 36.3 Å². The number of benzene rings is 2. The van der Waals surface area contributed by atoms with Gasteiger partial charge in [0.15, 0.2) is 5.11 Å². The maximum Gasteiger partial charge on any atom is 0.270 e. The van der Waals surface area contributed by atoms with Crippen LogP contribution in [-0.2, 0) is 16.1 Å². The van der Waals surface area contributed by atoms with Crippen LogP contribution in [0.2, 0.25) is 0 Å². The van der Waals surface area contributed by atoms with Crippen LogP contribution < -0.4 is 15.0 Å². The van der Waals surface area contributed by atoms with Crippen molar-refractivity contribution in [2.45, 2.75) is 6.54 Å². The zero-order valence-electron chi connectivity index (χ0n) is 16.1. The van der Waals surface area contributed by atoms with Gasteiger partial charge in [0.1, 0.15) is 11.3 Å². The smallest absolute Gasteiger partial charge is 0.270 e. The minimum atomic E-state index is -0.551. The summed E-state index contributed by atoms with van der Waals surface area (Å²) in [5.74, 6) is 2.00. The summed E-state index contributed by atoms with van der Waals surface area (Å²) >= 11 is 5.27. The number of hydrogen-bond acceptors (Lipinski definition) is 4. The van der Waals surface area contributed by atoms with E-state index < -0.39 is 11.8 Å². The second kappa shape index (κ2) is 7.85. The van der Waals surface area contributed by atoms with E-state index in [-0.39, 0.29) is 10.7 Å². The van der Waals surface area contributed by atoms with Gasteiger partial charge in [0, 0.05) is 22.7 Å².